The van der Waals surface area contributed by atoms with Crippen LogP contribution in [0.15, 0.2) is 66.7 Å². The van der Waals surface area contributed by atoms with E-state index in [-0.39, 0.29) is 5.91 Å². The van der Waals surface area contributed by atoms with Crippen LogP contribution in [0.25, 0.3) is 21.8 Å². The number of imidazole rings is 1. The molecule has 0 fully saturated rings. The van der Waals surface area contributed by atoms with Crippen LogP contribution in [0.1, 0.15) is 31.2 Å². The number of nitrogens with zero attached hydrogens (tertiary/aromatic N) is 2. The highest BCUT2D eigenvalue weighted by Gasteiger charge is 2.12. The van der Waals surface area contributed by atoms with Gasteiger partial charge in [0.25, 0.3) is 0 Å². The van der Waals surface area contributed by atoms with Crippen LogP contribution in [0.5, 0.6) is 0 Å². The molecular formula is C24H25N3O. The number of amides is 1. The lowest BCUT2D eigenvalue weighted by molar-refractivity contribution is -0.121. The summed E-state index contributed by atoms with van der Waals surface area (Å²) in [7, 11) is 0. The van der Waals surface area contributed by atoms with Crippen molar-refractivity contribution < 1.29 is 4.79 Å². The summed E-state index contributed by atoms with van der Waals surface area (Å²) in [6.45, 7) is 3.39. The lowest BCUT2D eigenvalue weighted by atomic mass is 10.0. The summed E-state index contributed by atoms with van der Waals surface area (Å²) >= 11 is 0. The molecule has 0 spiro atoms. The average Bonchev–Trinajstić information content (AvgIpc) is 3.06. The number of fused-ring (bicyclic) bond motifs is 2. The second-order valence-electron chi connectivity index (χ2n) is 7.09. The maximum absolute atomic E-state index is 11.8. The fourth-order valence-corrected chi connectivity index (χ4v) is 3.72. The van der Waals surface area contributed by atoms with E-state index in [1.807, 2.05) is 19.1 Å². The van der Waals surface area contributed by atoms with Gasteiger partial charge in [0, 0.05) is 25.9 Å². The van der Waals surface area contributed by atoms with Gasteiger partial charge in [0.05, 0.1) is 11.0 Å². The average molecular weight is 371 g/mol. The lowest BCUT2D eigenvalue weighted by Gasteiger charge is -2.12. The van der Waals surface area contributed by atoms with Crippen LogP contribution < -0.4 is 5.32 Å². The fourth-order valence-electron chi connectivity index (χ4n) is 3.72. The van der Waals surface area contributed by atoms with E-state index in [9.17, 15) is 4.79 Å². The summed E-state index contributed by atoms with van der Waals surface area (Å²) in [6, 6.07) is 23.2. The zero-order chi connectivity index (χ0) is 19.3. The molecule has 0 aliphatic heterocycles. The molecule has 0 aliphatic carbocycles. The molecule has 1 N–H and O–H groups in total. The van der Waals surface area contributed by atoms with Crippen molar-refractivity contribution in [3.8, 4) is 0 Å². The second kappa shape index (κ2) is 8.26. The van der Waals surface area contributed by atoms with Gasteiger partial charge in [-0.2, -0.15) is 0 Å². The standard InChI is InChI=1S/C24H25N3O/c1-2-8-24(28)25-16-15-23-26-21-13-5-6-14-22(21)27(23)17-19-11-7-10-18-9-3-4-12-20(18)19/h3-7,9-14H,2,8,15-17H2,1H3,(H,25,28). The van der Waals surface area contributed by atoms with Gasteiger partial charge in [0.2, 0.25) is 5.91 Å². The lowest BCUT2D eigenvalue weighted by Crippen LogP contribution is -2.26. The Balaban J connectivity index is 1.66. The van der Waals surface area contributed by atoms with Crippen molar-refractivity contribution in [3.63, 3.8) is 0 Å². The minimum atomic E-state index is 0.110. The third kappa shape index (κ3) is 3.77. The van der Waals surface area contributed by atoms with Gasteiger partial charge in [-0.15, -0.1) is 0 Å². The smallest absolute Gasteiger partial charge is 0.219 e. The Labute approximate surface area is 165 Å². The number of hydrogen-bond donors (Lipinski definition) is 1. The normalized spacial score (nSPS) is 11.2. The maximum Gasteiger partial charge on any atom is 0.219 e. The predicted octanol–water partition coefficient (Wildman–Crippen LogP) is 4.70. The Hall–Kier alpha value is -3.14. The highest BCUT2D eigenvalue weighted by molar-refractivity contribution is 5.86. The number of benzene rings is 3. The van der Waals surface area contributed by atoms with Gasteiger partial charge in [-0.1, -0.05) is 61.5 Å². The number of rotatable bonds is 7. The van der Waals surface area contributed by atoms with E-state index < -0.39 is 0 Å². The van der Waals surface area contributed by atoms with Gasteiger partial charge in [0.1, 0.15) is 5.82 Å². The first-order chi connectivity index (χ1) is 13.8. The molecule has 4 aromatic rings. The highest BCUT2D eigenvalue weighted by atomic mass is 16.1. The Morgan fingerprint density at radius 3 is 2.68 bits per heavy atom. The van der Waals surface area contributed by atoms with Crippen molar-refractivity contribution in [2.75, 3.05) is 6.54 Å². The zero-order valence-electron chi connectivity index (χ0n) is 16.2. The van der Waals surface area contributed by atoms with Gasteiger partial charge in [-0.25, -0.2) is 4.98 Å². The van der Waals surface area contributed by atoms with E-state index in [0.29, 0.717) is 13.0 Å². The SMILES string of the molecule is CCCC(=O)NCCc1nc2ccccc2n1Cc1cccc2ccccc12. The van der Waals surface area contributed by atoms with Gasteiger partial charge in [0.15, 0.2) is 0 Å². The summed E-state index contributed by atoms with van der Waals surface area (Å²) < 4.78 is 2.28. The molecule has 1 heterocycles. The van der Waals surface area contributed by atoms with Crippen LogP contribution in [-0.4, -0.2) is 22.0 Å². The number of hydrogen-bond acceptors (Lipinski definition) is 2. The first kappa shape index (κ1) is 18.2. The number of carbonyl (C=O) groups excluding carboxylic acids is 1. The molecule has 0 saturated carbocycles. The molecule has 0 aliphatic rings. The van der Waals surface area contributed by atoms with E-state index in [0.717, 1.165) is 36.2 Å². The quantitative estimate of drug-likeness (QED) is 0.512. The van der Waals surface area contributed by atoms with Gasteiger partial charge >= 0.3 is 0 Å². The fraction of sp³-hybridized carbons (Fsp3) is 0.250. The van der Waals surface area contributed by atoms with Gasteiger partial charge in [-0.05, 0) is 34.9 Å². The van der Waals surface area contributed by atoms with E-state index >= 15 is 0 Å². The summed E-state index contributed by atoms with van der Waals surface area (Å²) in [6.07, 6.45) is 2.16. The molecule has 0 radical (unpaired) electrons. The second-order valence-corrected chi connectivity index (χ2v) is 7.09. The summed E-state index contributed by atoms with van der Waals surface area (Å²) in [5, 5.41) is 5.52. The van der Waals surface area contributed by atoms with Crippen molar-refractivity contribution >= 4 is 27.7 Å². The Morgan fingerprint density at radius 1 is 1.00 bits per heavy atom. The molecule has 0 bridgehead atoms. The molecule has 1 amide bonds. The van der Waals surface area contributed by atoms with Crippen molar-refractivity contribution in [1.29, 1.82) is 0 Å². The van der Waals surface area contributed by atoms with Crippen molar-refractivity contribution in [1.82, 2.24) is 14.9 Å². The molecule has 142 valence electrons. The Kier molecular flexibility index (Phi) is 5.38. The monoisotopic (exact) mass is 371 g/mol. The number of carbonyl (C=O) groups is 1. The first-order valence-corrected chi connectivity index (χ1v) is 9.93. The molecule has 0 atom stereocenters. The zero-order valence-corrected chi connectivity index (χ0v) is 16.2. The summed E-state index contributed by atoms with van der Waals surface area (Å²) in [5.74, 6) is 1.12. The van der Waals surface area contributed by atoms with Crippen molar-refractivity contribution in [3.05, 3.63) is 78.1 Å². The molecule has 3 aromatic carbocycles. The third-order valence-electron chi connectivity index (χ3n) is 5.09. The largest absolute Gasteiger partial charge is 0.356 e. The molecule has 0 saturated heterocycles. The highest BCUT2D eigenvalue weighted by Crippen LogP contribution is 2.23. The van der Waals surface area contributed by atoms with Crippen LogP contribution in [0, 0.1) is 0 Å². The maximum atomic E-state index is 11.8. The number of para-hydroxylation sites is 2. The third-order valence-corrected chi connectivity index (χ3v) is 5.09. The van der Waals surface area contributed by atoms with E-state index in [1.165, 1.54) is 16.3 Å². The molecule has 4 nitrogen and oxygen atoms in total. The van der Waals surface area contributed by atoms with Crippen molar-refractivity contribution in [2.24, 2.45) is 0 Å². The molecule has 0 unspecified atom stereocenters. The van der Waals surface area contributed by atoms with Gasteiger partial charge in [-0.3, -0.25) is 4.79 Å². The van der Waals surface area contributed by atoms with E-state index in [2.05, 4.69) is 64.5 Å². The first-order valence-electron chi connectivity index (χ1n) is 9.93. The van der Waals surface area contributed by atoms with Gasteiger partial charge < -0.3 is 9.88 Å². The van der Waals surface area contributed by atoms with Crippen LogP contribution in [0.3, 0.4) is 0 Å². The van der Waals surface area contributed by atoms with Crippen LogP contribution in [-0.2, 0) is 17.8 Å². The summed E-state index contributed by atoms with van der Waals surface area (Å²) in [5.41, 5.74) is 3.40. The Bertz CT molecular complexity index is 1110. The molecule has 28 heavy (non-hydrogen) atoms. The molecule has 1 aromatic heterocycles. The minimum Gasteiger partial charge on any atom is -0.356 e. The topological polar surface area (TPSA) is 46.9 Å². The van der Waals surface area contributed by atoms with E-state index in [1.54, 1.807) is 0 Å². The minimum absolute atomic E-state index is 0.110. The molecule has 4 rings (SSSR count). The molecule has 4 heteroatoms. The number of aromatic nitrogens is 2. The molecular weight excluding hydrogens is 346 g/mol. The van der Waals surface area contributed by atoms with Crippen LogP contribution in [0.2, 0.25) is 0 Å². The van der Waals surface area contributed by atoms with E-state index in [4.69, 9.17) is 4.98 Å². The Morgan fingerprint density at radius 2 is 1.79 bits per heavy atom. The number of nitrogens with one attached hydrogen (secondary N) is 1. The van der Waals surface area contributed by atoms with Crippen LogP contribution >= 0.6 is 0 Å². The predicted molar refractivity (Wildman–Crippen MR) is 114 cm³/mol. The van der Waals surface area contributed by atoms with Crippen LogP contribution in [0.4, 0.5) is 0 Å². The summed E-state index contributed by atoms with van der Waals surface area (Å²) in [4.78, 5) is 16.6. The van der Waals surface area contributed by atoms with Crippen molar-refractivity contribution in [2.45, 2.75) is 32.7 Å².